The number of nitrogens with zero attached hydrogens (tertiary/aromatic N) is 1. The number of carbonyl (C=O) groups is 2. The second kappa shape index (κ2) is 8.35. The lowest BCUT2D eigenvalue weighted by molar-refractivity contribution is -0.141. The Morgan fingerprint density at radius 2 is 1.74 bits per heavy atom. The number of aliphatic carboxylic acids is 1. The highest BCUT2D eigenvalue weighted by Crippen LogP contribution is 2.44. The summed E-state index contributed by atoms with van der Waals surface area (Å²) in [5, 5.41) is 9.67. The van der Waals surface area contributed by atoms with E-state index in [4.69, 9.17) is 9.47 Å². The molecule has 0 aromatic heterocycles. The van der Waals surface area contributed by atoms with Crippen molar-refractivity contribution in [2.75, 3.05) is 19.8 Å². The van der Waals surface area contributed by atoms with E-state index in [2.05, 4.69) is 24.3 Å². The topological polar surface area (TPSA) is 76.1 Å². The normalized spacial score (nSPS) is 24.8. The zero-order valence-electron chi connectivity index (χ0n) is 17.4. The highest BCUT2D eigenvalue weighted by molar-refractivity contribution is 5.81. The second-order valence-electron chi connectivity index (χ2n) is 8.78. The maximum absolute atomic E-state index is 12.9. The van der Waals surface area contributed by atoms with E-state index >= 15 is 0 Å². The third-order valence-electron chi connectivity index (χ3n) is 6.86. The standard InChI is InChI=1S/C25H27NO5/c27-24(28)23-13-16(12-17-6-5-11-30-17)14-26(23)25(29)31-15-22-20-9-3-1-7-18(20)19-8-2-4-10-21(19)22/h1-4,7-10,16-17,22-23H,5-6,11-15H2,(H,27,28). The fraction of sp³-hybridized carbons (Fsp3) is 0.440. The number of hydrogen-bond donors (Lipinski definition) is 1. The average Bonchev–Trinajstić information content (AvgIpc) is 3.50. The highest BCUT2D eigenvalue weighted by atomic mass is 16.6. The van der Waals surface area contributed by atoms with Gasteiger partial charge in [0, 0.05) is 19.1 Å². The summed E-state index contributed by atoms with van der Waals surface area (Å²) in [5.41, 5.74) is 4.62. The Bertz CT molecular complexity index is 938. The predicted molar refractivity (Wildman–Crippen MR) is 115 cm³/mol. The van der Waals surface area contributed by atoms with Crippen LogP contribution in [0.2, 0.25) is 0 Å². The number of fused-ring (bicyclic) bond motifs is 3. The van der Waals surface area contributed by atoms with Crippen molar-refractivity contribution in [2.45, 2.75) is 43.7 Å². The molecule has 0 spiro atoms. The first-order chi connectivity index (χ1) is 15.1. The van der Waals surface area contributed by atoms with Crippen LogP contribution >= 0.6 is 0 Å². The molecule has 2 aromatic rings. The first-order valence-electron chi connectivity index (χ1n) is 11.1. The van der Waals surface area contributed by atoms with Gasteiger partial charge in [-0.05, 0) is 53.9 Å². The smallest absolute Gasteiger partial charge is 0.410 e. The maximum atomic E-state index is 12.9. The van der Waals surface area contributed by atoms with Gasteiger partial charge in [0.1, 0.15) is 12.6 Å². The Labute approximate surface area is 181 Å². The number of benzene rings is 2. The Kier molecular flexibility index (Phi) is 5.40. The number of rotatable bonds is 5. The minimum absolute atomic E-state index is 0.0371. The fourth-order valence-electron chi connectivity index (χ4n) is 5.41. The highest BCUT2D eigenvalue weighted by Gasteiger charge is 2.42. The maximum Gasteiger partial charge on any atom is 0.410 e. The SMILES string of the molecule is O=C(O)C1CC(CC2CCCO2)CN1C(=O)OCC1c2ccccc2-c2ccccc21. The third-order valence-corrected chi connectivity index (χ3v) is 6.86. The van der Waals surface area contributed by atoms with E-state index in [1.807, 2.05) is 24.3 Å². The van der Waals surface area contributed by atoms with Crippen LogP contribution in [0.4, 0.5) is 4.79 Å². The van der Waals surface area contributed by atoms with Gasteiger partial charge in [-0.3, -0.25) is 4.90 Å². The molecule has 6 nitrogen and oxygen atoms in total. The van der Waals surface area contributed by atoms with Crippen molar-refractivity contribution in [3.8, 4) is 11.1 Å². The van der Waals surface area contributed by atoms with Crippen molar-refractivity contribution in [2.24, 2.45) is 5.92 Å². The zero-order valence-corrected chi connectivity index (χ0v) is 17.4. The number of ether oxygens (including phenoxy) is 2. The van der Waals surface area contributed by atoms with Crippen LogP contribution < -0.4 is 0 Å². The number of likely N-dealkylation sites (tertiary alicyclic amines) is 1. The molecule has 6 heteroatoms. The summed E-state index contributed by atoms with van der Waals surface area (Å²) in [7, 11) is 0. The number of amides is 1. The molecule has 1 N–H and O–H groups in total. The second-order valence-corrected chi connectivity index (χ2v) is 8.78. The minimum atomic E-state index is -0.969. The van der Waals surface area contributed by atoms with Crippen LogP contribution in [0.5, 0.6) is 0 Å². The van der Waals surface area contributed by atoms with Crippen LogP contribution in [0.15, 0.2) is 48.5 Å². The van der Waals surface area contributed by atoms with Crippen molar-refractivity contribution < 1.29 is 24.2 Å². The molecule has 0 bridgehead atoms. The predicted octanol–water partition coefficient (Wildman–Crippen LogP) is 4.28. The summed E-state index contributed by atoms with van der Waals surface area (Å²) in [6.07, 6.45) is 2.97. The molecule has 1 aliphatic carbocycles. The van der Waals surface area contributed by atoms with Gasteiger partial charge in [-0.1, -0.05) is 48.5 Å². The molecule has 3 aliphatic rings. The minimum Gasteiger partial charge on any atom is -0.480 e. The van der Waals surface area contributed by atoms with Crippen LogP contribution in [-0.4, -0.2) is 54.0 Å². The van der Waals surface area contributed by atoms with E-state index in [1.165, 1.54) is 16.0 Å². The van der Waals surface area contributed by atoms with Crippen molar-refractivity contribution in [3.05, 3.63) is 59.7 Å². The van der Waals surface area contributed by atoms with E-state index in [-0.39, 0.29) is 24.5 Å². The lowest BCUT2D eigenvalue weighted by Gasteiger charge is -2.23. The summed E-state index contributed by atoms with van der Waals surface area (Å²) >= 11 is 0. The van der Waals surface area contributed by atoms with Gasteiger partial charge < -0.3 is 14.6 Å². The van der Waals surface area contributed by atoms with Gasteiger partial charge in [-0.15, -0.1) is 0 Å². The number of hydrogen-bond acceptors (Lipinski definition) is 4. The van der Waals surface area contributed by atoms with Crippen molar-refractivity contribution in [3.63, 3.8) is 0 Å². The molecular formula is C25H27NO5. The van der Waals surface area contributed by atoms with Crippen LogP contribution in [0.25, 0.3) is 11.1 Å². The largest absolute Gasteiger partial charge is 0.480 e. The molecule has 2 heterocycles. The molecule has 31 heavy (non-hydrogen) atoms. The van der Waals surface area contributed by atoms with E-state index < -0.39 is 18.1 Å². The Hall–Kier alpha value is -2.86. The van der Waals surface area contributed by atoms with E-state index in [0.29, 0.717) is 13.0 Å². The third kappa shape index (κ3) is 3.81. The van der Waals surface area contributed by atoms with Crippen LogP contribution in [-0.2, 0) is 14.3 Å². The summed E-state index contributed by atoms with van der Waals surface area (Å²) in [6.45, 7) is 1.38. The molecule has 2 aliphatic heterocycles. The summed E-state index contributed by atoms with van der Waals surface area (Å²) in [4.78, 5) is 26.1. The zero-order chi connectivity index (χ0) is 21.4. The molecule has 0 radical (unpaired) electrons. The first kappa shape index (κ1) is 20.1. The molecule has 2 fully saturated rings. The van der Waals surface area contributed by atoms with Gasteiger partial charge in [0.25, 0.3) is 0 Å². The quantitative estimate of drug-likeness (QED) is 0.780. The van der Waals surface area contributed by atoms with E-state index in [0.717, 1.165) is 37.0 Å². The van der Waals surface area contributed by atoms with Crippen molar-refractivity contribution >= 4 is 12.1 Å². The Morgan fingerprint density at radius 3 is 2.35 bits per heavy atom. The van der Waals surface area contributed by atoms with Crippen molar-refractivity contribution in [1.29, 1.82) is 0 Å². The van der Waals surface area contributed by atoms with Crippen molar-refractivity contribution in [1.82, 2.24) is 4.90 Å². The van der Waals surface area contributed by atoms with E-state index in [9.17, 15) is 14.7 Å². The molecule has 162 valence electrons. The number of carbonyl (C=O) groups excluding carboxylic acids is 1. The van der Waals surface area contributed by atoms with Gasteiger partial charge >= 0.3 is 12.1 Å². The Morgan fingerprint density at radius 1 is 1.06 bits per heavy atom. The van der Waals surface area contributed by atoms with Gasteiger partial charge in [-0.2, -0.15) is 0 Å². The van der Waals surface area contributed by atoms with Crippen LogP contribution in [0.3, 0.4) is 0 Å². The van der Waals surface area contributed by atoms with Crippen LogP contribution in [0, 0.1) is 5.92 Å². The number of carboxylic acid groups (broad SMARTS) is 1. The molecule has 1 amide bonds. The first-order valence-corrected chi connectivity index (χ1v) is 11.1. The summed E-state index contributed by atoms with van der Waals surface area (Å²) in [5.74, 6) is -0.877. The lowest BCUT2D eigenvalue weighted by Crippen LogP contribution is -2.41. The fourth-order valence-corrected chi connectivity index (χ4v) is 5.41. The molecule has 5 rings (SSSR count). The van der Waals surface area contributed by atoms with E-state index in [1.54, 1.807) is 0 Å². The average molecular weight is 421 g/mol. The van der Waals surface area contributed by atoms with Gasteiger partial charge in [0.2, 0.25) is 0 Å². The van der Waals surface area contributed by atoms with Crippen LogP contribution in [0.1, 0.15) is 42.7 Å². The Balaban J connectivity index is 1.28. The van der Waals surface area contributed by atoms with Gasteiger partial charge in [0.15, 0.2) is 0 Å². The summed E-state index contributed by atoms with van der Waals surface area (Å²) < 4.78 is 11.4. The molecule has 0 saturated carbocycles. The van der Waals surface area contributed by atoms with Gasteiger partial charge in [0.05, 0.1) is 6.10 Å². The van der Waals surface area contributed by atoms with Gasteiger partial charge in [-0.25, -0.2) is 9.59 Å². The molecular weight excluding hydrogens is 394 g/mol. The lowest BCUT2D eigenvalue weighted by atomic mass is 9.97. The molecule has 2 saturated heterocycles. The molecule has 2 aromatic carbocycles. The molecule has 3 atom stereocenters. The monoisotopic (exact) mass is 421 g/mol. The number of carboxylic acids is 1. The molecule has 3 unspecified atom stereocenters. The summed E-state index contributed by atoms with van der Waals surface area (Å²) in [6, 6.07) is 15.5.